The third kappa shape index (κ3) is 4.76. The van der Waals surface area contributed by atoms with Gasteiger partial charge in [0.25, 0.3) is 0 Å². The van der Waals surface area contributed by atoms with E-state index in [2.05, 4.69) is 5.32 Å². The third-order valence-corrected chi connectivity index (χ3v) is 6.68. The molecule has 0 spiro atoms. The number of carboxylic acid groups (broad SMARTS) is 1. The first-order valence-corrected chi connectivity index (χ1v) is 10.1. The van der Waals surface area contributed by atoms with E-state index < -0.39 is 33.5 Å². The molecule has 2 aromatic rings. The van der Waals surface area contributed by atoms with Gasteiger partial charge in [-0.2, -0.15) is 4.31 Å². The molecule has 0 aliphatic heterocycles. The maximum absolute atomic E-state index is 12.8. The van der Waals surface area contributed by atoms with Crippen LogP contribution in [0.4, 0.5) is 0 Å². The van der Waals surface area contributed by atoms with Crippen molar-refractivity contribution >= 4 is 21.9 Å². The van der Waals surface area contributed by atoms with Crippen LogP contribution < -0.4 is 5.32 Å². The monoisotopic (exact) mass is 404 g/mol. The van der Waals surface area contributed by atoms with Crippen LogP contribution >= 0.6 is 0 Å². The molecule has 1 unspecified atom stereocenters. The number of carbonyl (C=O) groups excluding carboxylic acids is 1. The number of hydrogen-bond donors (Lipinski definition) is 2. The number of nitrogens with one attached hydrogen (secondary N) is 1. The first-order valence-electron chi connectivity index (χ1n) is 8.68. The Morgan fingerprint density at radius 3 is 2.04 bits per heavy atom. The van der Waals surface area contributed by atoms with Crippen LogP contribution in [0.2, 0.25) is 0 Å². The molecule has 0 radical (unpaired) electrons. The van der Waals surface area contributed by atoms with Crippen LogP contribution in [0.15, 0.2) is 65.6 Å². The highest BCUT2D eigenvalue weighted by Gasteiger charge is 2.41. The Bertz CT molecular complexity index is 928. The number of sulfonamides is 1. The lowest BCUT2D eigenvalue weighted by Crippen LogP contribution is -2.58. The number of carboxylic acids is 1. The van der Waals surface area contributed by atoms with Crippen LogP contribution in [0.5, 0.6) is 0 Å². The summed E-state index contributed by atoms with van der Waals surface area (Å²) in [5.41, 5.74) is -0.753. The van der Waals surface area contributed by atoms with E-state index in [0.29, 0.717) is 0 Å². The Hall–Kier alpha value is -2.71. The molecule has 2 N–H and O–H groups in total. The van der Waals surface area contributed by atoms with Crippen LogP contribution in [0.3, 0.4) is 0 Å². The molecule has 7 nitrogen and oxygen atoms in total. The average Bonchev–Trinajstić information content (AvgIpc) is 2.68. The van der Waals surface area contributed by atoms with Gasteiger partial charge in [-0.3, -0.25) is 4.79 Å². The van der Waals surface area contributed by atoms with Gasteiger partial charge >= 0.3 is 5.97 Å². The molecule has 150 valence electrons. The van der Waals surface area contributed by atoms with E-state index in [-0.39, 0.29) is 11.3 Å². The lowest BCUT2D eigenvalue weighted by molar-refractivity contribution is -0.143. The number of rotatable bonds is 8. The summed E-state index contributed by atoms with van der Waals surface area (Å²) < 4.78 is 26.6. The fourth-order valence-corrected chi connectivity index (χ4v) is 4.08. The molecular formula is C20H24N2O5S. The Balaban J connectivity index is 2.21. The molecule has 8 heteroatoms. The number of amides is 1. The molecule has 1 atom stereocenters. The van der Waals surface area contributed by atoms with Crippen LogP contribution in [0.25, 0.3) is 0 Å². The van der Waals surface area contributed by atoms with Gasteiger partial charge in [0.2, 0.25) is 15.9 Å². The Labute approximate surface area is 165 Å². The summed E-state index contributed by atoms with van der Waals surface area (Å²) in [5, 5.41) is 11.9. The molecule has 28 heavy (non-hydrogen) atoms. The van der Waals surface area contributed by atoms with Gasteiger partial charge < -0.3 is 10.4 Å². The van der Waals surface area contributed by atoms with Crippen LogP contribution in [-0.2, 0) is 26.0 Å². The average molecular weight is 404 g/mol. The van der Waals surface area contributed by atoms with Gasteiger partial charge in [0.1, 0.15) is 11.6 Å². The highest BCUT2D eigenvalue weighted by atomic mass is 32.2. The van der Waals surface area contributed by atoms with E-state index in [9.17, 15) is 23.1 Å². The van der Waals surface area contributed by atoms with Gasteiger partial charge in [0, 0.05) is 13.5 Å². The first-order chi connectivity index (χ1) is 13.1. The smallest absolute Gasteiger partial charge is 0.326 e. The first kappa shape index (κ1) is 21.6. The SMILES string of the molecule is CN(C(C)(C)C(=O)NC(Cc1ccccc1)C(=O)O)S(=O)(=O)c1ccccc1. The van der Waals surface area contributed by atoms with Crippen molar-refractivity contribution in [3.05, 3.63) is 66.2 Å². The summed E-state index contributed by atoms with van der Waals surface area (Å²) in [6, 6.07) is 15.5. The van der Waals surface area contributed by atoms with Gasteiger partial charge in [-0.1, -0.05) is 48.5 Å². The lowest BCUT2D eigenvalue weighted by atomic mass is 10.0. The van der Waals surface area contributed by atoms with Crippen molar-refractivity contribution in [3.63, 3.8) is 0 Å². The maximum atomic E-state index is 12.8. The van der Waals surface area contributed by atoms with Crippen LogP contribution in [0.1, 0.15) is 19.4 Å². The molecule has 0 aromatic heterocycles. The molecule has 0 aliphatic rings. The highest BCUT2D eigenvalue weighted by Crippen LogP contribution is 2.23. The zero-order chi connectivity index (χ0) is 20.9. The summed E-state index contributed by atoms with van der Waals surface area (Å²) in [6.07, 6.45) is 0.0904. The molecule has 0 saturated heterocycles. The molecule has 1 amide bonds. The second-order valence-electron chi connectivity index (χ2n) is 6.90. The van der Waals surface area contributed by atoms with Crippen molar-refractivity contribution in [3.8, 4) is 0 Å². The fourth-order valence-electron chi connectivity index (χ4n) is 2.58. The standard InChI is InChI=1S/C20H24N2O5S/c1-20(2,22(3)28(26,27)16-12-8-5-9-13-16)19(25)21-17(18(23)24)14-15-10-6-4-7-11-15/h4-13,17H,14H2,1-3H3,(H,21,25)(H,23,24). The number of nitrogens with zero attached hydrogens (tertiary/aromatic N) is 1. The second kappa shape index (κ2) is 8.53. The highest BCUT2D eigenvalue weighted by molar-refractivity contribution is 7.89. The van der Waals surface area contributed by atoms with Gasteiger partial charge in [-0.25, -0.2) is 13.2 Å². The molecule has 2 aromatic carbocycles. The van der Waals surface area contributed by atoms with Crippen molar-refractivity contribution < 1.29 is 23.1 Å². The topological polar surface area (TPSA) is 104 Å². The maximum Gasteiger partial charge on any atom is 0.326 e. The molecule has 0 saturated carbocycles. The molecular weight excluding hydrogens is 380 g/mol. The zero-order valence-corrected chi connectivity index (χ0v) is 16.8. The zero-order valence-electron chi connectivity index (χ0n) is 16.0. The van der Waals surface area contributed by atoms with Gasteiger partial charge in [-0.15, -0.1) is 0 Å². The number of aliphatic carboxylic acids is 1. The van der Waals surface area contributed by atoms with E-state index >= 15 is 0 Å². The lowest BCUT2D eigenvalue weighted by Gasteiger charge is -2.34. The van der Waals surface area contributed by atoms with Crippen molar-refractivity contribution in [2.24, 2.45) is 0 Å². The van der Waals surface area contributed by atoms with Crippen molar-refractivity contribution in [1.82, 2.24) is 9.62 Å². The predicted molar refractivity (Wildman–Crippen MR) is 105 cm³/mol. The van der Waals surface area contributed by atoms with E-state index in [1.54, 1.807) is 42.5 Å². The summed E-state index contributed by atoms with van der Waals surface area (Å²) in [5.74, 6) is -1.89. The van der Waals surface area contributed by atoms with E-state index in [1.807, 2.05) is 6.07 Å². The summed E-state index contributed by atoms with van der Waals surface area (Å²) in [4.78, 5) is 24.5. The number of benzene rings is 2. The van der Waals surface area contributed by atoms with Crippen LogP contribution in [-0.4, -0.2) is 48.3 Å². The number of hydrogen-bond acceptors (Lipinski definition) is 4. The number of likely N-dealkylation sites (N-methyl/N-ethyl adjacent to an activating group) is 1. The second-order valence-corrected chi connectivity index (χ2v) is 8.87. The molecule has 0 heterocycles. The van der Waals surface area contributed by atoms with Crippen molar-refractivity contribution in [2.75, 3.05) is 7.05 Å². The van der Waals surface area contributed by atoms with Crippen molar-refractivity contribution in [2.45, 2.75) is 36.7 Å². The van der Waals surface area contributed by atoms with E-state index in [0.717, 1.165) is 9.87 Å². The molecule has 0 aliphatic carbocycles. The van der Waals surface area contributed by atoms with Gasteiger partial charge in [-0.05, 0) is 31.5 Å². The summed E-state index contributed by atoms with van der Waals surface area (Å²) >= 11 is 0. The normalized spacial score (nSPS) is 13.1. The van der Waals surface area contributed by atoms with Crippen LogP contribution in [0, 0.1) is 0 Å². The van der Waals surface area contributed by atoms with Crippen molar-refractivity contribution in [1.29, 1.82) is 0 Å². The molecule has 0 fully saturated rings. The predicted octanol–water partition coefficient (Wildman–Crippen LogP) is 1.90. The van der Waals surface area contributed by atoms with E-state index in [1.165, 1.54) is 33.0 Å². The Morgan fingerprint density at radius 2 is 1.54 bits per heavy atom. The summed E-state index contributed by atoms with van der Waals surface area (Å²) in [6.45, 7) is 2.87. The minimum atomic E-state index is -3.93. The largest absolute Gasteiger partial charge is 0.480 e. The Morgan fingerprint density at radius 1 is 1.04 bits per heavy atom. The van der Waals surface area contributed by atoms with Gasteiger partial charge in [0.15, 0.2) is 0 Å². The minimum Gasteiger partial charge on any atom is -0.480 e. The minimum absolute atomic E-state index is 0.0532. The summed E-state index contributed by atoms with van der Waals surface area (Å²) in [7, 11) is -2.63. The Kier molecular flexibility index (Phi) is 6.58. The fraction of sp³-hybridized carbons (Fsp3) is 0.300. The molecule has 2 rings (SSSR count). The van der Waals surface area contributed by atoms with E-state index in [4.69, 9.17) is 0 Å². The van der Waals surface area contributed by atoms with Gasteiger partial charge in [0.05, 0.1) is 4.90 Å². The molecule has 0 bridgehead atoms. The number of carbonyl (C=O) groups is 2. The third-order valence-electron chi connectivity index (χ3n) is 4.63. The quantitative estimate of drug-likeness (QED) is 0.699.